The summed E-state index contributed by atoms with van der Waals surface area (Å²) >= 11 is 13.5. The molecule has 110 valence electrons. The molecule has 0 bridgehead atoms. The van der Waals surface area contributed by atoms with Gasteiger partial charge in [0.05, 0.1) is 11.0 Å². The van der Waals surface area contributed by atoms with E-state index in [0.29, 0.717) is 22.2 Å². The molecule has 0 fully saturated rings. The number of hydrogen-bond acceptors (Lipinski definition) is 2. The first-order chi connectivity index (χ1) is 10.1. The summed E-state index contributed by atoms with van der Waals surface area (Å²) in [5.41, 5.74) is 2.27. The van der Waals surface area contributed by atoms with Gasteiger partial charge in [0.15, 0.2) is 0 Å². The zero-order chi connectivity index (χ0) is 15.2. The van der Waals surface area contributed by atoms with Gasteiger partial charge < -0.3 is 0 Å². The molecule has 2 aromatic carbocycles. The quantitative estimate of drug-likeness (QED) is 0.662. The van der Waals surface area contributed by atoms with Gasteiger partial charge in [-0.15, -0.1) is 11.8 Å². The zero-order valence-corrected chi connectivity index (χ0v) is 14.0. The van der Waals surface area contributed by atoms with Crippen LogP contribution >= 0.6 is 35.0 Å². The summed E-state index contributed by atoms with van der Waals surface area (Å²) in [7, 11) is 0. The van der Waals surface area contributed by atoms with Crippen molar-refractivity contribution in [3.05, 3.63) is 69.7 Å². The average Bonchev–Trinajstić information content (AvgIpc) is 2.50. The lowest BCUT2D eigenvalue weighted by atomic mass is 10.0. The third-order valence-corrected chi connectivity index (χ3v) is 5.02. The van der Waals surface area contributed by atoms with Crippen LogP contribution in [0.4, 0.5) is 0 Å². The molecule has 0 N–H and O–H groups in total. The molecule has 0 radical (unpaired) electrons. The predicted molar refractivity (Wildman–Crippen MR) is 92.5 cm³/mol. The van der Waals surface area contributed by atoms with Gasteiger partial charge >= 0.3 is 0 Å². The first-order valence-corrected chi connectivity index (χ1v) is 8.55. The molecular formula is C17H16Cl2OS. The number of halogens is 2. The molecule has 0 saturated carbocycles. The van der Waals surface area contributed by atoms with E-state index in [4.69, 9.17) is 23.2 Å². The number of benzene rings is 2. The van der Waals surface area contributed by atoms with E-state index in [9.17, 15) is 4.79 Å². The summed E-state index contributed by atoms with van der Waals surface area (Å²) in [4.78, 5) is 11.6. The number of thioether (sulfide) groups is 1. The standard InChI is InChI=1S/C17H16Cl2OS/c1-2-16(20)11-21-17(12-3-7-14(18)8-4-12)13-5-9-15(19)10-6-13/h3-10,17H,2,11H2,1H3. The maximum absolute atomic E-state index is 11.6. The topological polar surface area (TPSA) is 17.1 Å². The Bertz CT molecular complexity index is 548. The molecule has 0 spiro atoms. The van der Waals surface area contributed by atoms with Gasteiger partial charge in [0.2, 0.25) is 0 Å². The van der Waals surface area contributed by atoms with Crippen molar-refractivity contribution >= 4 is 40.7 Å². The number of carbonyl (C=O) groups is 1. The highest BCUT2D eigenvalue weighted by Crippen LogP contribution is 2.36. The smallest absolute Gasteiger partial charge is 0.142 e. The second kappa shape index (κ2) is 7.88. The van der Waals surface area contributed by atoms with Crippen LogP contribution in [0.15, 0.2) is 48.5 Å². The fourth-order valence-corrected chi connectivity index (χ4v) is 3.45. The van der Waals surface area contributed by atoms with Gasteiger partial charge in [-0.25, -0.2) is 0 Å². The van der Waals surface area contributed by atoms with Gasteiger partial charge in [-0.3, -0.25) is 4.79 Å². The van der Waals surface area contributed by atoms with Crippen molar-refractivity contribution < 1.29 is 4.79 Å². The molecule has 0 saturated heterocycles. The predicted octanol–water partition coefficient (Wildman–Crippen LogP) is 5.80. The van der Waals surface area contributed by atoms with Crippen molar-refractivity contribution in [2.75, 3.05) is 5.75 Å². The Morgan fingerprint density at radius 3 is 1.76 bits per heavy atom. The molecule has 0 atom stereocenters. The molecular weight excluding hydrogens is 323 g/mol. The number of ketones is 1. The van der Waals surface area contributed by atoms with Gasteiger partial charge in [0.25, 0.3) is 0 Å². The van der Waals surface area contributed by atoms with E-state index in [-0.39, 0.29) is 11.0 Å². The maximum atomic E-state index is 11.6. The monoisotopic (exact) mass is 338 g/mol. The highest BCUT2D eigenvalue weighted by Gasteiger charge is 2.16. The summed E-state index contributed by atoms with van der Waals surface area (Å²) in [6.07, 6.45) is 0.570. The molecule has 21 heavy (non-hydrogen) atoms. The van der Waals surface area contributed by atoms with Crippen LogP contribution in [0.2, 0.25) is 10.0 Å². The summed E-state index contributed by atoms with van der Waals surface area (Å²) in [5.74, 6) is 0.764. The number of carbonyl (C=O) groups excluding carboxylic acids is 1. The van der Waals surface area contributed by atoms with E-state index in [0.717, 1.165) is 11.1 Å². The molecule has 0 unspecified atom stereocenters. The Labute approximate surface area is 139 Å². The number of hydrogen-bond donors (Lipinski definition) is 0. The van der Waals surface area contributed by atoms with Crippen molar-refractivity contribution in [2.45, 2.75) is 18.6 Å². The first-order valence-electron chi connectivity index (χ1n) is 6.74. The SMILES string of the molecule is CCC(=O)CSC(c1ccc(Cl)cc1)c1ccc(Cl)cc1. The normalized spacial score (nSPS) is 10.9. The summed E-state index contributed by atoms with van der Waals surface area (Å²) in [6.45, 7) is 1.89. The summed E-state index contributed by atoms with van der Waals surface area (Å²) in [5, 5.41) is 1.53. The highest BCUT2D eigenvalue weighted by molar-refractivity contribution is 8.00. The minimum absolute atomic E-state index is 0.107. The Morgan fingerprint density at radius 1 is 0.952 bits per heavy atom. The van der Waals surface area contributed by atoms with Crippen molar-refractivity contribution in [1.82, 2.24) is 0 Å². The number of rotatable bonds is 6. The Kier molecular flexibility index (Phi) is 6.16. The minimum atomic E-state index is 0.107. The lowest BCUT2D eigenvalue weighted by Gasteiger charge is -2.17. The molecule has 2 rings (SSSR count). The van der Waals surface area contributed by atoms with Gasteiger partial charge in [-0.05, 0) is 35.4 Å². The van der Waals surface area contributed by atoms with E-state index in [1.165, 1.54) is 0 Å². The average molecular weight is 339 g/mol. The molecule has 2 aromatic rings. The van der Waals surface area contributed by atoms with Gasteiger partial charge in [0, 0.05) is 16.5 Å². The van der Waals surface area contributed by atoms with E-state index >= 15 is 0 Å². The van der Waals surface area contributed by atoms with Crippen LogP contribution in [-0.2, 0) is 4.79 Å². The van der Waals surface area contributed by atoms with Gasteiger partial charge in [0.1, 0.15) is 5.78 Å². The van der Waals surface area contributed by atoms with Crippen LogP contribution in [0.5, 0.6) is 0 Å². The second-order valence-electron chi connectivity index (χ2n) is 4.69. The van der Waals surface area contributed by atoms with Crippen LogP contribution < -0.4 is 0 Å². The molecule has 0 heterocycles. The zero-order valence-electron chi connectivity index (χ0n) is 11.7. The van der Waals surface area contributed by atoms with E-state index in [1.807, 2.05) is 55.5 Å². The van der Waals surface area contributed by atoms with Gasteiger partial charge in [-0.2, -0.15) is 0 Å². The molecule has 4 heteroatoms. The van der Waals surface area contributed by atoms with Crippen LogP contribution in [0.25, 0.3) is 0 Å². The van der Waals surface area contributed by atoms with Crippen molar-refractivity contribution in [3.8, 4) is 0 Å². The van der Waals surface area contributed by atoms with Crippen LogP contribution in [0.3, 0.4) is 0 Å². The maximum Gasteiger partial charge on any atom is 0.142 e. The fourth-order valence-electron chi connectivity index (χ4n) is 1.94. The Balaban J connectivity index is 2.27. The molecule has 0 aliphatic heterocycles. The first kappa shape index (κ1) is 16.4. The van der Waals surface area contributed by atoms with Crippen LogP contribution in [0.1, 0.15) is 29.7 Å². The molecule has 0 aromatic heterocycles. The number of Topliss-reactive ketones (excluding diaryl/α,β-unsaturated/α-hetero) is 1. The summed E-state index contributed by atoms with van der Waals surface area (Å²) in [6, 6.07) is 15.5. The molecule has 1 nitrogen and oxygen atoms in total. The minimum Gasteiger partial charge on any atom is -0.299 e. The Hall–Kier alpha value is -0.960. The van der Waals surface area contributed by atoms with E-state index in [1.54, 1.807) is 11.8 Å². The van der Waals surface area contributed by atoms with Crippen LogP contribution in [0, 0.1) is 0 Å². The largest absolute Gasteiger partial charge is 0.299 e. The highest BCUT2D eigenvalue weighted by atomic mass is 35.5. The van der Waals surface area contributed by atoms with Gasteiger partial charge in [-0.1, -0.05) is 54.4 Å². The third kappa shape index (κ3) is 4.77. The molecule has 0 aliphatic carbocycles. The fraction of sp³-hybridized carbons (Fsp3) is 0.235. The van der Waals surface area contributed by atoms with Crippen molar-refractivity contribution in [1.29, 1.82) is 0 Å². The Morgan fingerprint density at radius 2 is 1.38 bits per heavy atom. The van der Waals surface area contributed by atoms with E-state index < -0.39 is 0 Å². The molecule has 0 amide bonds. The third-order valence-electron chi connectivity index (χ3n) is 3.15. The van der Waals surface area contributed by atoms with E-state index in [2.05, 4.69) is 0 Å². The second-order valence-corrected chi connectivity index (χ2v) is 6.65. The van der Waals surface area contributed by atoms with Crippen LogP contribution in [-0.4, -0.2) is 11.5 Å². The van der Waals surface area contributed by atoms with Crippen molar-refractivity contribution in [2.24, 2.45) is 0 Å². The summed E-state index contributed by atoms with van der Waals surface area (Å²) < 4.78 is 0. The lowest BCUT2D eigenvalue weighted by Crippen LogP contribution is -2.04. The lowest BCUT2D eigenvalue weighted by molar-refractivity contribution is -0.116. The van der Waals surface area contributed by atoms with Crippen molar-refractivity contribution in [3.63, 3.8) is 0 Å². The molecule has 0 aliphatic rings.